The summed E-state index contributed by atoms with van der Waals surface area (Å²) in [6, 6.07) is 10.6. The van der Waals surface area contributed by atoms with Crippen molar-refractivity contribution >= 4 is 80.5 Å². The number of hydrogen-bond acceptors (Lipinski definition) is 4. The first-order valence-corrected chi connectivity index (χ1v) is 11.5. The lowest BCUT2D eigenvalue weighted by molar-refractivity contribution is -0.117. The van der Waals surface area contributed by atoms with Crippen LogP contribution >= 0.6 is 69.5 Å². The van der Waals surface area contributed by atoms with Crippen molar-refractivity contribution in [3.05, 3.63) is 67.4 Å². The molecular weight excluding hydrogens is 478 g/mol. The molecule has 3 nitrogen and oxygen atoms in total. The lowest BCUT2D eigenvalue weighted by Crippen LogP contribution is -2.30. The van der Waals surface area contributed by atoms with Crippen LogP contribution in [0, 0.1) is 0 Å². The molecule has 0 N–H and O–H groups in total. The first-order valence-electron chi connectivity index (χ1n) is 8.19. The Bertz CT molecular complexity index is 1070. The lowest BCUT2D eigenvalue weighted by atomic mass is 10.2. The van der Waals surface area contributed by atoms with Crippen molar-refractivity contribution in [1.82, 2.24) is 4.98 Å². The zero-order valence-corrected chi connectivity index (χ0v) is 19.0. The lowest BCUT2D eigenvalue weighted by Gasteiger charge is -2.22. The van der Waals surface area contributed by atoms with Gasteiger partial charge in [-0.25, -0.2) is 4.98 Å². The number of thioether (sulfide) groups is 1. The van der Waals surface area contributed by atoms with E-state index in [1.54, 1.807) is 29.2 Å². The summed E-state index contributed by atoms with van der Waals surface area (Å²) in [4.78, 5) is 19.3. The fourth-order valence-electron chi connectivity index (χ4n) is 2.93. The van der Waals surface area contributed by atoms with Crippen LogP contribution in [0.1, 0.15) is 17.9 Å². The third kappa shape index (κ3) is 3.76. The van der Waals surface area contributed by atoms with Crippen LogP contribution in [-0.2, 0) is 4.79 Å². The molecule has 1 aliphatic heterocycles. The quantitative estimate of drug-likeness (QED) is 0.379. The number of carbonyl (C=O) groups excluding carboxylic acids is 1. The molecule has 2 heterocycles. The number of hydrogen-bond donors (Lipinski definition) is 0. The van der Waals surface area contributed by atoms with Crippen molar-refractivity contribution in [2.45, 2.75) is 17.5 Å². The van der Waals surface area contributed by atoms with E-state index >= 15 is 0 Å². The highest BCUT2D eigenvalue weighted by Gasteiger charge is 2.41. The van der Waals surface area contributed by atoms with E-state index in [4.69, 9.17) is 46.4 Å². The van der Waals surface area contributed by atoms with Crippen LogP contribution in [0.25, 0.3) is 11.3 Å². The van der Waals surface area contributed by atoms with E-state index in [2.05, 4.69) is 4.98 Å². The third-order valence-electron chi connectivity index (χ3n) is 4.29. The van der Waals surface area contributed by atoms with Crippen molar-refractivity contribution in [1.29, 1.82) is 0 Å². The molecule has 0 radical (unpaired) electrons. The minimum Gasteiger partial charge on any atom is -0.273 e. The Morgan fingerprint density at radius 3 is 2.36 bits per heavy atom. The normalized spacial score (nSPS) is 19.5. The molecule has 0 spiro atoms. The highest BCUT2D eigenvalue weighted by atomic mass is 35.5. The Kier molecular flexibility index (Phi) is 5.85. The third-order valence-corrected chi connectivity index (χ3v) is 7.57. The van der Waals surface area contributed by atoms with Crippen LogP contribution in [-0.4, -0.2) is 16.1 Å². The van der Waals surface area contributed by atoms with Gasteiger partial charge in [0.05, 0.1) is 16.0 Å². The van der Waals surface area contributed by atoms with Crippen LogP contribution in [0.2, 0.25) is 20.1 Å². The number of amides is 1. The van der Waals surface area contributed by atoms with Crippen LogP contribution in [0.15, 0.2) is 41.8 Å². The summed E-state index contributed by atoms with van der Waals surface area (Å²) in [5, 5.41) is 4.14. The van der Waals surface area contributed by atoms with E-state index < -0.39 is 0 Å². The van der Waals surface area contributed by atoms with E-state index in [0.717, 1.165) is 11.1 Å². The molecule has 0 aliphatic carbocycles. The SMILES string of the molecule is C[C@H]1S[C@H](c2ccc(Cl)cc2Cl)N(c2nc(-c3ccc(Cl)cc3Cl)cs2)C1=O. The maximum atomic E-state index is 12.9. The minimum absolute atomic E-state index is 0.0101. The molecule has 4 rings (SSSR count). The Morgan fingerprint density at radius 1 is 1.00 bits per heavy atom. The van der Waals surface area contributed by atoms with E-state index in [1.807, 2.05) is 24.4 Å². The summed E-state index contributed by atoms with van der Waals surface area (Å²) in [6.07, 6.45) is 0. The fraction of sp³-hybridized carbons (Fsp3) is 0.158. The van der Waals surface area contributed by atoms with Crippen molar-refractivity contribution in [2.24, 2.45) is 0 Å². The van der Waals surface area contributed by atoms with Crippen LogP contribution < -0.4 is 4.90 Å². The Hall–Kier alpha value is -0.950. The zero-order chi connectivity index (χ0) is 20.0. The molecule has 1 aliphatic rings. The maximum absolute atomic E-state index is 12.9. The summed E-state index contributed by atoms with van der Waals surface area (Å²) >= 11 is 27.7. The Balaban J connectivity index is 1.74. The van der Waals surface area contributed by atoms with E-state index in [9.17, 15) is 4.79 Å². The van der Waals surface area contributed by atoms with Gasteiger partial charge in [-0.3, -0.25) is 9.69 Å². The summed E-state index contributed by atoms with van der Waals surface area (Å²) in [7, 11) is 0. The number of benzene rings is 2. The number of thiazole rings is 1. The minimum atomic E-state index is -0.271. The monoisotopic (exact) mass is 488 g/mol. The maximum Gasteiger partial charge on any atom is 0.242 e. The molecule has 0 saturated carbocycles. The molecule has 28 heavy (non-hydrogen) atoms. The molecule has 3 aromatic rings. The molecule has 1 saturated heterocycles. The topological polar surface area (TPSA) is 33.2 Å². The zero-order valence-electron chi connectivity index (χ0n) is 14.3. The second-order valence-electron chi connectivity index (χ2n) is 6.14. The number of halogens is 4. The van der Waals surface area contributed by atoms with Gasteiger partial charge < -0.3 is 0 Å². The molecule has 2 aromatic carbocycles. The molecule has 1 aromatic heterocycles. The highest BCUT2D eigenvalue weighted by molar-refractivity contribution is 8.01. The highest BCUT2D eigenvalue weighted by Crippen LogP contribution is 2.48. The van der Waals surface area contributed by atoms with Crippen molar-refractivity contribution in [3.8, 4) is 11.3 Å². The van der Waals surface area contributed by atoms with Gasteiger partial charge in [0, 0.05) is 31.6 Å². The van der Waals surface area contributed by atoms with E-state index in [1.165, 1.54) is 23.1 Å². The van der Waals surface area contributed by atoms with Gasteiger partial charge in [0.1, 0.15) is 5.37 Å². The molecule has 0 unspecified atom stereocenters. The van der Waals surface area contributed by atoms with Gasteiger partial charge in [-0.15, -0.1) is 23.1 Å². The number of carbonyl (C=O) groups is 1. The number of nitrogens with zero attached hydrogens (tertiary/aromatic N) is 2. The van der Waals surface area contributed by atoms with Gasteiger partial charge in [0.2, 0.25) is 5.91 Å². The van der Waals surface area contributed by atoms with Crippen molar-refractivity contribution in [2.75, 3.05) is 4.90 Å². The number of aromatic nitrogens is 1. The van der Waals surface area contributed by atoms with Gasteiger partial charge in [0.15, 0.2) is 5.13 Å². The first kappa shape index (κ1) is 20.3. The summed E-state index contributed by atoms with van der Waals surface area (Å²) in [6.45, 7) is 1.88. The average molecular weight is 490 g/mol. The van der Waals surface area contributed by atoms with E-state index in [-0.39, 0.29) is 16.5 Å². The van der Waals surface area contributed by atoms with Crippen molar-refractivity contribution in [3.63, 3.8) is 0 Å². The van der Waals surface area contributed by atoms with Crippen LogP contribution in [0.5, 0.6) is 0 Å². The van der Waals surface area contributed by atoms with Crippen molar-refractivity contribution < 1.29 is 4.79 Å². The smallest absolute Gasteiger partial charge is 0.242 e. The van der Waals surface area contributed by atoms with Gasteiger partial charge in [-0.1, -0.05) is 52.5 Å². The molecule has 1 amide bonds. The van der Waals surface area contributed by atoms with Crippen LogP contribution in [0.4, 0.5) is 5.13 Å². The summed E-state index contributed by atoms with van der Waals surface area (Å²) in [5.74, 6) is -0.0101. The Labute approximate surface area is 190 Å². The van der Waals surface area contributed by atoms with Crippen LogP contribution in [0.3, 0.4) is 0 Å². The van der Waals surface area contributed by atoms with Gasteiger partial charge in [-0.2, -0.15) is 0 Å². The molecule has 144 valence electrons. The average Bonchev–Trinajstić information content (AvgIpc) is 3.20. The molecule has 0 bridgehead atoms. The molecular formula is C19H12Cl4N2OS2. The van der Waals surface area contributed by atoms with E-state index in [0.29, 0.717) is 30.9 Å². The molecule has 9 heteroatoms. The first-order chi connectivity index (χ1) is 13.3. The van der Waals surface area contributed by atoms with Gasteiger partial charge in [-0.05, 0) is 37.3 Å². The second kappa shape index (κ2) is 8.05. The Morgan fingerprint density at radius 2 is 1.68 bits per heavy atom. The fourth-order valence-corrected chi connectivity index (χ4v) is 6.23. The molecule has 2 atom stereocenters. The van der Waals surface area contributed by atoms with Gasteiger partial charge >= 0.3 is 0 Å². The standard InChI is InChI=1S/C19H12Cl4N2OS2/c1-9-17(26)25(18(28-9)13-5-3-11(21)7-15(13)23)19-24-16(8-27-19)12-4-2-10(20)6-14(12)22/h2-9,18H,1H3/t9-,18-/m1/s1. The number of rotatable bonds is 3. The predicted octanol–water partition coefficient (Wildman–Crippen LogP) is 7.59. The second-order valence-corrected chi connectivity index (χ2v) is 10.1. The summed E-state index contributed by atoms with van der Waals surface area (Å²) in [5.41, 5.74) is 2.29. The molecule has 1 fully saturated rings. The largest absolute Gasteiger partial charge is 0.273 e. The van der Waals surface area contributed by atoms with Gasteiger partial charge in [0.25, 0.3) is 0 Å². The predicted molar refractivity (Wildman–Crippen MR) is 121 cm³/mol. The summed E-state index contributed by atoms with van der Waals surface area (Å²) < 4.78 is 0. The number of anilines is 1.